The largest absolute Gasteiger partial charge is 0.373 e. The highest BCUT2D eigenvalue weighted by Crippen LogP contribution is 2.24. The molecule has 2 N–H and O–H groups in total. The lowest BCUT2D eigenvalue weighted by atomic mass is 9.94. The van der Waals surface area contributed by atoms with Crippen molar-refractivity contribution in [1.82, 2.24) is 10.6 Å². The van der Waals surface area contributed by atoms with Gasteiger partial charge in [-0.25, -0.2) is 0 Å². The van der Waals surface area contributed by atoms with Crippen LogP contribution < -0.4 is 20.4 Å². The number of ether oxygens (including phenoxy) is 1. The third kappa shape index (κ3) is 12.1. The first kappa shape index (κ1) is 42.5. The van der Waals surface area contributed by atoms with Crippen LogP contribution in [-0.2, 0) is 4.74 Å². The number of ketones is 2. The van der Waals surface area contributed by atoms with Crippen molar-refractivity contribution in [2.45, 2.75) is 73.3 Å². The maximum Gasteiger partial charge on any atom is 0.252 e. The van der Waals surface area contributed by atoms with Crippen LogP contribution in [0, 0.1) is 6.92 Å². The van der Waals surface area contributed by atoms with E-state index in [4.69, 9.17) is 4.74 Å². The van der Waals surface area contributed by atoms with Gasteiger partial charge in [-0.1, -0.05) is 49.2 Å². The van der Waals surface area contributed by atoms with Gasteiger partial charge in [0, 0.05) is 72.9 Å². The number of aryl methyl sites for hydroxylation is 1. The molecule has 55 heavy (non-hydrogen) atoms. The van der Waals surface area contributed by atoms with Crippen molar-refractivity contribution in [3.8, 4) is 0 Å². The van der Waals surface area contributed by atoms with E-state index in [0.29, 0.717) is 52.6 Å². The number of unbranched alkanes of at least 4 members (excludes halogenated alkanes) is 3. The second-order valence-corrected chi connectivity index (χ2v) is 13.7. The molecule has 5 rings (SSSR count). The molecule has 9 nitrogen and oxygen atoms in total. The number of carbonyl (C=O) groups excluding carboxylic acids is 4. The van der Waals surface area contributed by atoms with Crippen molar-refractivity contribution >= 4 is 34.8 Å². The molecule has 1 aliphatic rings. The Morgan fingerprint density at radius 3 is 1.44 bits per heavy atom. The molecule has 1 unspecified atom stereocenters. The van der Waals surface area contributed by atoms with Crippen LogP contribution in [0.2, 0.25) is 0 Å². The predicted octanol–water partition coefficient (Wildman–Crippen LogP) is 8.27. The molecule has 1 fully saturated rings. The van der Waals surface area contributed by atoms with Crippen LogP contribution in [0.4, 0.5) is 11.4 Å². The van der Waals surface area contributed by atoms with E-state index < -0.39 is 0 Å². The Balaban J connectivity index is 0.00000158. The predicted molar refractivity (Wildman–Crippen MR) is 223 cm³/mol. The van der Waals surface area contributed by atoms with Gasteiger partial charge in [0.05, 0.1) is 23.8 Å². The number of benzene rings is 4. The Bertz CT molecular complexity index is 1880. The molecule has 0 radical (unpaired) electrons. The van der Waals surface area contributed by atoms with Crippen LogP contribution in [0.1, 0.15) is 118 Å². The first-order chi connectivity index (χ1) is 26.6. The van der Waals surface area contributed by atoms with E-state index in [1.807, 2.05) is 49.4 Å². The molecule has 2 amide bonds. The summed E-state index contributed by atoms with van der Waals surface area (Å²) in [5.74, 6) is -0.880. The Kier molecular flexibility index (Phi) is 16.7. The number of hydrogen-bond acceptors (Lipinski definition) is 7. The van der Waals surface area contributed by atoms with E-state index in [9.17, 15) is 19.2 Å². The Morgan fingerprint density at radius 1 is 0.582 bits per heavy atom. The molecule has 4 aromatic rings. The molecule has 1 saturated heterocycles. The quantitative estimate of drug-likeness (QED) is 0.0565. The zero-order valence-electron chi connectivity index (χ0n) is 33.5. The summed E-state index contributed by atoms with van der Waals surface area (Å²) in [6.07, 6.45) is 3.86. The third-order valence-corrected chi connectivity index (χ3v) is 9.85. The van der Waals surface area contributed by atoms with Gasteiger partial charge in [-0.05, 0) is 115 Å². The van der Waals surface area contributed by atoms with Crippen molar-refractivity contribution in [1.29, 1.82) is 0 Å². The van der Waals surface area contributed by atoms with E-state index in [0.717, 1.165) is 75.4 Å². The van der Waals surface area contributed by atoms with Gasteiger partial charge in [0.15, 0.2) is 11.6 Å². The van der Waals surface area contributed by atoms with Crippen LogP contribution in [0.15, 0.2) is 91.0 Å². The lowest BCUT2D eigenvalue weighted by molar-refractivity contribution is 0.0936. The highest BCUT2D eigenvalue weighted by molar-refractivity contribution is 6.16. The van der Waals surface area contributed by atoms with Crippen LogP contribution in [0.5, 0.6) is 0 Å². The minimum atomic E-state index is -0.269. The topological polar surface area (TPSA) is 111 Å². The average Bonchev–Trinajstić information content (AvgIpc) is 4.01. The third-order valence-electron chi connectivity index (χ3n) is 9.85. The lowest BCUT2D eigenvalue weighted by Crippen LogP contribution is -2.27. The molecule has 0 spiro atoms. The molecular formula is C46H58N4O5. The summed E-state index contributed by atoms with van der Waals surface area (Å²) in [7, 11) is 0. The molecule has 1 atom stereocenters. The van der Waals surface area contributed by atoms with Crippen LogP contribution in [0.25, 0.3) is 0 Å². The summed E-state index contributed by atoms with van der Waals surface area (Å²) in [5, 5.41) is 5.94. The van der Waals surface area contributed by atoms with Crippen molar-refractivity contribution in [2.24, 2.45) is 0 Å². The van der Waals surface area contributed by atoms with Gasteiger partial charge in [-0.3, -0.25) is 19.2 Å². The summed E-state index contributed by atoms with van der Waals surface area (Å²) >= 11 is 0. The molecule has 0 bridgehead atoms. The summed E-state index contributed by atoms with van der Waals surface area (Å²) in [4.78, 5) is 57.6. The number of hydrogen-bond donors (Lipinski definition) is 2. The number of carbonyl (C=O) groups is 4. The summed E-state index contributed by atoms with van der Waals surface area (Å²) in [6.45, 7) is 17.9. The van der Waals surface area contributed by atoms with Crippen molar-refractivity contribution in [2.75, 3.05) is 55.7 Å². The Labute approximate surface area is 327 Å². The fourth-order valence-electron chi connectivity index (χ4n) is 6.45. The molecule has 292 valence electrons. The van der Waals surface area contributed by atoms with Crippen LogP contribution >= 0.6 is 0 Å². The van der Waals surface area contributed by atoms with Crippen molar-refractivity contribution < 1.29 is 23.9 Å². The number of amides is 2. The molecule has 0 aromatic heterocycles. The fraction of sp³-hybridized carbons (Fsp3) is 0.391. The smallest absolute Gasteiger partial charge is 0.252 e. The molecule has 0 aliphatic carbocycles. The molecule has 0 saturated carbocycles. The number of nitrogens with zero attached hydrogens (tertiary/aromatic N) is 2. The van der Waals surface area contributed by atoms with Gasteiger partial charge in [0.2, 0.25) is 0 Å². The summed E-state index contributed by atoms with van der Waals surface area (Å²) < 4.78 is 4.71. The number of epoxide rings is 1. The first-order valence-electron chi connectivity index (χ1n) is 19.8. The van der Waals surface area contributed by atoms with Gasteiger partial charge in [0.1, 0.15) is 0 Å². The maximum absolute atomic E-state index is 13.6. The minimum absolute atomic E-state index is 0.164. The van der Waals surface area contributed by atoms with Crippen molar-refractivity contribution in [3.63, 3.8) is 0 Å². The number of nitrogens with one attached hydrogen (secondary N) is 2. The second kappa shape index (κ2) is 21.6. The SMILES string of the molecule is CC1CO1.CCN(CC)c1ccc(C(=O)c2ccccc2C(=O)NCCCCCCNC(=O)c2ccccc2C(=O)c2ccc(N(CC)CC)cc2C)cc1. The standard InChI is InChI=1S/C43H52N4O4.C3H6O/c1-6-46(7-2)33-24-22-32(23-25-33)40(48)36-18-12-14-20-38(36)42(50)44-28-16-10-11-17-29-45-43(51)39-21-15-13-19-37(39)41(49)35-27-26-34(30-31(35)5)47(8-3)9-4;1-3-2-4-3/h12-15,18-27,30H,6-11,16-17,28-29H2,1-5H3,(H,44,50)(H,45,51);3H,2H2,1H3. The van der Waals surface area contributed by atoms with E-state index in [2.05, 4.69) is 55.1 Å². The fourth-order valence-corrected chi connectivity index (χ4v) is 6.45. The van der Waals surface area contributed by atoms with Crippen LogP contribution in [-0.4, -0.2) is 75.4 Å². The van der Waals surface area contributed by atoms with Crippen LogP contribution in [0.3, 0.4) is 0 Å². The average molecular weight is 747 g/mol. The van der Waals surface area contributed by atoms with E-state index in [1.165, 1.54) is 0 Å². The molecule has 4 aromatic carbocycles. The van der Waals surface area contributed by atoms with Gasteiger partial charge in [0.25, 0.3) is 11.8 Å². The molecule has 9 heteroatoms. The molecular weight excluding hydrogens is 689 g/mol. The normalized spacial score (nSPS) is 12.9. The zero-order valence-corrected chi connectivity index (χ0v) is 33.5. The molecule has 1 heterocycles. The maximum atomic E-state index is 13.6. The van der Waals surface area contributed by atoms with E-state index in [1.54, 1.807) is 48.5 Å². The minimum Gasteiger partial charge on any atom is -0.373 e. The monoisotopic (exact) mass is 746 g/mol. The van der Waals surface area contributed by atoms with E-state index in [-0.39, 0.29) is 23.4 Å². The number of rotatable bonds is 19. The zero-order chi connectivity index (χ0) is 39.7. The lowest BCUT2D eigenvalue weighted by Gasteiger charge is -2.22. The summed E-state index contributed by atoms with van der Waals surface area (Å²) in [5.41, 5.74) is 5.66. The van der Waals surface area contributed by atoms with Gasteiger partial charge >= 0.3 is 0 Å². The summed E-state index contributed by atoms with van der Waals surface area (Å²) in [6, 6.07) is 27.3. The van der Waals surface area contributed by atoms with Gasteiger partial charge in [-0.2, -0.15) is 0 Å². The Hall–Kier alpha value is -5.28. The highest BCUT2D eigenvalue weighted by atomic mass is 16.6. The van der Waals surface area contributed by atoms with Crippen molar-refractivity contribution in [3.05, 3.63) is 130 Å². The van der Waals surface area contributed by atoms with Gasteiger partial charge < -0.3 is 25.2 Å². The molecule has 1 aliphatic heterocycles. The Morgan fingerprint density at radius 2 is 1.00 bits per heavy atom. The highest BCUT2D eigenvalue weighted by Gasteiger charge is 2.21. The van der Waals surface area contributed by atoms with Gasteiger partial charge in [-0.15, -0.1) is 0 Å². The first-order valence-corrected chi connectivity index (χ1v) is 19.8. The van der Waals surface area contributed by atoms with E-state index >= 15 is 0 Å². The number of anilines is 2. The second-order valence-electron chi connectivity index (χ2n) is 13.7.